The summed E-state index contributed by atoms with van der Waals surface area (Å²) in [6, 6.07) is 8.35. The molecule has 0 bridgehead atoms. The number of amides is 1. The summed E-state index contributed by atoms with van der Waals surface area (Å²) in [5.74, 6) is 0.201. The van der Waals surface area contributed by atoms with Gasteiger partial charge < -0.3 is 5.32 Å². The summed E-state index contributed by atoms with van der Waals surface area (Å²) in [4.78, 5) is 12.1. The van der Waals surface area contributed by atoms with Crippen LogP contribution in [0.5, 0.6) is 0 Å². The quantitative estimate of drug-likeness (QED) is 0.828. The van der Waals surface area contributed by atoms with Gasteiger partial charge in [0, 0.05) is 6.54 Å². The SMILES string of the molecule is CCNC(=O)C1(c2cccc(C)c2)CCC1. The summed E-state index contributed by atoms with van der Waals surface area (Å²) >= 11 is 0. The van der Waals surface area contributed by atoms with Crippen LogP contribution in [0.1, 0.15) is 37.3 Å². The van der Waals surface area contributed by atoms with Crippen LogP contribution < -0.4 is 5.32 Å². The number of nitrogens with one attached hydrogen (secondary N) is 1. The number of aryl methyl sites for hydroxylation is 1. The molecule has 1 aromatic rings. The lowest BCUT2D eigenvalue weighted by Gasteiger charge is -2.40. The Morgan fingerprint density at radius 2 is 2.19 bits per heavy atom. The van der Waals surface area contributed by atoms with Crippen LogP contribution >= 0.6 is 0 Å². The third kappa shape index (κ3) is 1.73. The minimum Gasteiger partial charge on any atom is -0.356 e. The molecule has 0 saturated heterocycles. The van der Waals surface area contributed by atoms with Crippen LogP contribution in [-0.4, -0.2) is 12.5 Å². The predicted octanol–water partition coefficient (Wildman–Crippen LogP) is 2.55. The van der Waals surface area contributed by atoms with E-state index in [1.807, 2.05) is 13.0 Å². The Hall–Kier alpha value is -1.31. The first-order chi connectivity index (χ1) is 7.69. The van der Waals surface area contributed by atoms with Gasteiger partial charge >= 0.3 is 0 Å². The maximum absolute atomic E-state index is 12.1. The molecule has 1 aromatic carbocycles. The Morgan fingerprint density at radius 3 is 2.69 bits per heavy atom. The lowest BCUT2D eigenvalue weighted by atomic mass is 9.63. The standard InChI is InChI=1S/C14H19NO/c1-3-15-13(16)14(8-5-9-14)12-7-4-6-11(2)10-12/h4,6-7,10H,3,5,8-9H2,1-2H3,(H,15,16). The molecule has 0 aliphatic heterocycles. The van der Waals surface area contributed by atoms with Crippen LogP contribution in [0.4, 0.5) is 0 Å². The summed E-state index contributed by atoms with van der Waals surface area (Å²) in [6.07, 6.45) is 3.13. The highest BCUT2D eigenvalue weighted by Gasteiger charge is 2.45. The van der Waals surface area contributed by atoms with Crippen LogP contribution in [-0.2, 0) is 10.2 Å². The van der Waals surface area contributed by atoms with E-state index < -0.39 is 0 Å². The number of rotatable bonds is 3. The first-order valence-corrected chi connectivity index (χ1v) is 6.04. The third-order valence-electron chi connectivity index (χ3n) is 3.55. The summed E-state index contributed by atoms with van der Waals surface area (Å²) in [7, 11) is 0. The summed E-state index contributed by atoms with van der Waals surface area (Å²) < 4.78 is 0. The molecule has 2 rings (SSSR count). The van der Waals surface area contributed by atoms with Gasteiger partial charge in [-0.15, -0.1) is 0 Å². The Bertz CT molecular complexity index is 393. The topological polar surface area (TPSA) is 29.1 Å². The van der Waals surface area contributed by atoms with Crippen molar-refractivity contribution in [2.24, 2.45) is 0 Å². The number of hydrogen-bond donors (Lipinski definition) is 1. The van der Waals surface area contributed by atoms with Crippen molar-refractivity contribution in [2.45, 2.75) is 38.5 Å². The van der Waals surface area contributed by atoms with Gasteiger partial charge in [0.1, 0.15) is 0 Å². The number of carbonyl (C=O) groups is 1. The van der Waals surface area contributed by atoms with E-state index in [0.29, 0.717) is 6.54 Å². The third-order valence-corrected chi connectivity index (χ3v) is 3.55. The molecule has 0 unspecified atom stereocenters. The average molecular weight is 217 g/mol. The fourth-order valence-electron chi connectivity index (χ4n) is 2.45. The van der Waals surface area contributed by atoms with Gasteiger partial charge in [0.05, 0.1) is 5.41 Å². The van der Waals surface area contributed by atoms with Crippen molar-refractivity contribution in [1.29, 1.82) is 0 Å². The van der Waals surface area contributed by atoms with Crippen LogP contribution in [0, 0.1) is 6.92 Å². The molecular formula is C14H19NO. The normalized spacial score (nSPS) is 17.6. The van der Waals surface area contributed by atoms with E-state index in [-0.39, 0.29) is 11.3 Å². The minimum atomic E-state index is -0.234. The number of carbonyl (C=O) groups excluding carboxylic acids is 1. The minimum absolute atomic E-state index is 0.201. The molecule has 2 nitrogen and oxygen atoms in total. The smallest absolute Gasteiger partial charge is 0.230 e. The van der Waals surface area contributed by atoms with Crippen molar-refractivity contribution in [3.05, 3.63) is 35.4 Å². The average Bonchev–Trinajstić information content (AvgIpc) is 2.16. The van der Waals surface area contributed by atoms with E-state index in [0.717, 1.165) is 19.3 Å². The van der Waals surface area contributed by atoms with Crippen molar-refractivity contribution in [1.82, 2.24) is 5.32 Å². The largest absolute Gasteiger partial charge is 0.356 e. The molecule has 0 heterocycles. The van der Waals surface area contributed by atoms with Gasteiger partial charge in [0.25, 0.3) is 0 Å². The Labute approximate surface area is 97.1 Å². The second-order valence-corrected chi connectivity index (χ2v) is 4.66. The van der Waals surface area contributed by atoms with Gasteiger partial charge in [-0.25, -0.2) is 0 Å². The first-order valence-electron chi connectivity index (χ1n) is 6.04. The van der Waals surface area contributed by atoms with Gasteiger partial charge in [-0.3, -0.25) is 4.79 Å². The molecular weight excluding hydrogens is 198 g/mol. The van der Waals surface area contributed by atoms with Crippen molar-refractivity contribution in [3.63, 3.8) is 0 Å². The second-order valence-electron chi connectivity index (χ2n) is 4.66. The van der Waals surface area contributed by atoms with Gasteiger partial charge in [-0.05, 0) is 32.3 Å². The highest BCUT2D eigenvalue weighted by molar-refractivity contribution is 5.89. The van der Waals surface area contributed by atoms with E-state index in [1.165, 1.54) is 11.1 Å². The highest BCUT2D eigenvalue weighted by atomic mass is 16.2. The molecule has 2 heteroatoms. The summed E-state index contributed by atoms with van der Waals surface area (Å²) in [6.45, 7) is 4.76. The molecule has 0 spiro atoms. The van der Waals surface area contributed by atoms with Crippen molar-refractivity contribution in [3.8, 4) is 0 Å². The number of benzene rings is 1. The Kier molecular flexibility index (Phi) is 2.99. The molecule has 86 valence electrons. The zero-order valence-corrected chi connectivity index (χ0v) is 10.0. The summed E-state index contributed by atoms with van der Waals surface area (Å²) in [5, 5.41) is 2.97. The molecule has 1 N–H and O–H groups in total. The molecule has 1 aliphatic rings. The van der Waals surface area contributed by atoms with Crippen LogP contribution in [0.3, 0.4) is 0 Å². The maximum Gasteiger partial charge on any atom is 0.230 e. The fraction of sp³-hybridized carbons (Fsp3) is 0.500. The van der Waals surface area contributed by atoms with Crippen LogP contribution in [0.2, 0.25) is 0 Å². The second kappa shape index (κ2) is 4.28. The predicted molar refractivity (Wildman–Crippen MR) is 65.4 cm³/mol. The first kappa shape index (κ1) is 11.2. The van der Waals surface area contributed by atoms with E-state index in [4.69, 9.17) is 0 Å². The Balaban J connectivity index is 2.31. The van der Waals surface area contributed by atoms with Gasteiger partial charge in [-0.1, -0.05) is 36.2 Å². The highest BCUT2D eigenvalue weighted by Crippen LogP contribution is 2.44. The molecule has 0 atom stereocenters. The zero-order valence-electron chi connectivity index (χ0n) is 10.0. The lowest BCUT2D eigenvalue weighted by molar-refractivity contribution is -0.129. The molecule has 1 saturated carbocycles. The van der Waals surface area contributed by atoms with Gasteiger partial charge in [0.15, 0.2) is 0 Å². The van der Waals surface area contributed by atoms with Gasteiger partial charge in [-0.2, -0.15) is 0 Å². The number of hydrogen-bond acceptors (Lipinski definition) is 1. The van der Waals surface area contributed by atoms with Gasteiger partial charge in [0.2, 0.25) is 5.91 Å². The van der Waals surface area contributed by atoms with Crippen molar-refractivity contribution < 1.29 is 4.79 Å². The Morgan fingerprint density at radius 1 is 1.44 bits per heavy atom. The monoisotopic (exact) mass is 217 g/mol. The zero-order chi connectivity index (χ0) is 11.6. The molecule has 1 aliphatic carbocycles. The lowest BCUT2D eigenvalue weighted by Crippen LogP contribution is -2.49. The van der Waals surface area contributed by atoms with Crippen molar-refractivity contribution >= 4 is 5.91 Å². The van der Waals surface area contributed by atoms with E-state index >= 15 is 0 Å². The van der Waals surface area contributed by atoms with Crippen LogP contribution in [0.25, 0.3) is 0 Å². The molecule has 1 amide bonds. The summed E-state index contributed by atoms with van der Waals surface area (Å²) in [5.41, 5.74) is 2.18. The van der Waals surface area contributed by atoms with E-state index in [2.05, 4.69) is 30.4 Å². The molecule has 0 radical (unpaired) electrons. The number of likely N-dealkylation sites (N-methyl/N-ethyl adjacent to an activating group) is 1. The van der Waals surface area contributed by atoms with Crippen molar-refractivity contribution in [2.75, 3.05) is 6.54 Å². The molecule has 1 fully saturated rings. The van der Waals surface area contributed by atoms with E-state index in [9.17, 15) is 4.79 Å². The van der Waals surface area contributed by atoms with Crippen LogP contribution in [0.15, 0.2) is 24.3 Å². The fourth-order valence-corrected chi connectivity index (χ4v) is 2.45. The van der Waals surface area contributed by atoms with E-state index in [1.54, 1.807) is 0 Å². The maximum atomic E-state index is 12.1. The molecule has 16 heavy (non-hydrogen) atoms. The molecule has 0 aromatic heterocycles.